The Kier molecular flexibility index (Phi) is 2.97. The zero-order valence-corrected chi connectivity index (χ0v) is 9.53. The van der Waals surface area contributed by atoms with Crippen molar-refractivity contribution in [1.29, 1.82) is 0 Å². The third-order valence-corrected chi connectivity index (χ3v) is 2.51. The molecule has 0 aliphatic carbocycles. The van der Waals surface area contributed by atoms with Crippen LogP contribution < -0.4 is 16.4 Å². The summed E-state index contributed by atoms with van der Waals surface area (Å²) in [5.74, 6) is -0.656. The molecule has 0 radical (unpaired) electrons. The molecule has 1 unspecified atom stereocenters. The Morgan fingerprint density at radius 1 is 1.47 bits per heavy atom. The molecule has 1 heterocycles. The summed E-state index contributed by atoms with van der Waals surface area (Å²) in [4.78, 5) is 25.1. The molecule has 1 aromatic carbocycles. The normalized spacial score (nSPS) is 12.6. The molecule has 6 heteroatoms. The number of amides is 1. The predicted octanol–water partition coefficient (Wildman–Crippen LogP) is 0.667. The second-order valence-electron chi connectivity index (χ2n) is 3.73. The number of hydrogen-bond acceptors (Lipinski definition) is 4. The van der Waals surface area contributed by atoms with Crippen LogP contribution >= 0.6 is 0 Å². The van der Waals surface area contributed by atoms with Crippen molar-refractivity contribution >= 4 is 22.7 Å². The van der Waals surface area contributed by atoms with Crippen LogP contribution in [0.15, 0.2) is 27.4 Å². The molecule has 0 aliphatic rings. The number of H-pyrrole nitrogens is 1. The van der Waals surface area contributed by atoms with Crippen molar-refractivity contribution in [1.82, 2.24) is 10.3 Å². The molecule has 3 N–H and O–H groups in total. The fourth-order valence-corrected chi connectivity index (χ4v) is 1.40. The highest BCUT2D eigenvalue weighted by molar-refractivity contribution is 5.95. The fraction of sp³-hybridized carbons (Fsp3) is 0.273. The molecular weight excluding hydrogens is 222 g/mol. The standard InChI is InChI=1S/C11H13N3O3/c1-6(12-2)10(15)13-7-3-4-8-9(5-7)17-11(16)14-8/h3-6,12H,1-2H3,(H,13,15)(H,14,16). The van der Waals surface area contributed by atoms with Gasteiger partial charge in [0, 0.05) is 11.8 Å². The number of carbonyl (C=O) groups is 1. The van der Waals surface area contributed by atoms with E-state index in [0.29, 0.717) is 16.8 Å². The minimum atomic E-state index is -0.507. The average Bonchev–Trinajstić information content (AvgIpc) is 2.67. The zero-order chi connectivity index (χ0) is 12.4. The summed E-state index contributed by atoms with van der Waals surface area (Å²) in [7, 11) is 1.71. The molecular formula is C11H13N3O3. The van der Waals surface area contributed by atoms with Crippen molar-refractivity contribution in [2.24, 2.45) is 0 Å². The topological polar surface area (TPSA) is 87.1 Å². The van der Waals surface area contributed by atoms with E-state index in [-0.39, 0.29) is 11.9 Å². The number of carbonyl (C=O) groups excluding carboxylic acids is 1. The Labute approximate surface area is 97.0 Å². The van der Waals surface area contributed by atoms with Gasteiger partial charge >= 0.3 is 5.76 Å². The summed E-state index contributed by atoms with van der Waals surface area (Å²) in [6.07, 6.45) is 0. The third-order valence-electron chi connectivity index (χ3n) is 2.51. The fourth-order valence-electron chi connectivity index (χ4n) is 1.40. The summed E-state index contributed by atoms with van der Waals surface area (Å²) >= 11 is 0. The van der Waals surface area contributed by atoms with E-state index < -0.39 is 5.76 Å². The predicted molar refractivity (Wildman–Crippen MR) is 64.0 cm³/mol. The number of anilines is 1. The lowest BCUT2D eigenvalue weighted by Gasteiger charge is -2.10. The molecule has 1 atom stereocenters. The molecule has 17 heavy (non-hydrogen) atoms. The number of oxazole rings is 1. The maximum atomic E-state index is 11.6. The third kappa shape index (κ3) is 2.36. The Morgan fingerprint density at radius 3 is 2.94 bits per heavy atom. The first-order chi connectivity index (χ1) is 8.10. The second kappa shape index (κ2) is 4.42. The van der Waals surface area contributed by atoms with Gasteiger partial charge in [-0.05, 0) is 26.1 Å². The molecule has 6 nitrogen and oxygen atoms in total. The maximum absolute atomic E-state index is 11.6. The average molecular weight is 235 g/mol. The minimum absolute atomic E-state index is 0.148. The van der Waals surface area contributed by atoms with E-state index in [9.17, 15) is 9.59 Å². The highest BCUT2D eigenvalue weighted by Crippen LogP contribution is 2.16. The van der Waals surface area contributed by atoms with Crippen LogP contribution in [0.4, 0.5) is 5.69 Å². The molecule has 2 aromatic rings. The number of benzene rings is 1. The second-order valence-corrected chi connectivity index (χ2v) is 3.73. The number of aromatic nitrogens is 1. The van der Waals surface area contributed by atoms with Crippen LogP contribution in [0.2, 0.25) is 0 Å². The van der Waals surface area contributed by atoms with Gasteiger partial charge in [-0.1, -0.05) is 0 Å². The first-order valence-electron chi connectivity index (χ1n) is 5.21. The summed E-state index contributed by atoms with van der Waals surface area (Å²) < 4.78 is 4.90. The number of nitrogens with one attached hydrogen (secondary N) is 3. The largest absolute Gasteiger partial charge is 0.417 e. The molecule has 1 aromatic heterocycles. The molecule has 0 spiro atoms. The van der Waals surface area contributed by atoms with Crippen LogP contribution in [0.25, 0.3) is 11.1 Å². The van der Waals surface area contributed by atoms with Crippen LogP contribution in [-0.2, 0) is 4.79 Å². The van der Waals surface area contributed by atoms with Gasteiger partial charge in [0.1, 0.15) is 0 Å². The van der Waals surface area contributed by atoms with E-state index in [1.165, 1.54) is 0 Å². The van der Waals surface area contributed by atoms with Gasteiger partial charge in [-0.25, -0.2) is 4.79 Å². The first-order valence-corrected chi connectivity index (χ1v) is 5.21. The maximum Gasteiger partial charge on any atom is 0.417 e. The highest BCUT2D eigenvalue weighted by Gasteiger charge is 2.11. The lowest BCUT2D eigenvalue weighted by molar-refractivity contribution is -0.117. The molecule has 0 saturated carbocycles. The Balaban J connectivity index is 2.24. The SMILES string of the molecule is CNC(C)C(=O)Nc1ccc2[nH]c(=O)oc2c1. The van der Waals surface area contributed by atoms with E-state index in [0.717, 1.165) is 0 Å². The summed E-state index contributed by atoms with van der Waals surface area (Å²) in [6, 6.07) is 4.70. The number of aromatic amines is 1. The molecule has 0 bridgehead atoms. The monoisotopic (exact) mass is 235 g/mol. The van der Waals surface area contributed by atoms with Gasteiger partial charge in [-0.3, -0.25) is 9.78 Å². The van der Waals surface area contributed by atoms with Gasteiger partial charge in [0.15, 0.2) is 5.58 Å². The van der Waals surface area contributed by atoms with E-state index >= 15 is 0 Å². The van der Waals surface area contributed by atoms with Crippen molar-refractivity contribution in [2.45, 2.75) is 13.0 Å². The number of likely N-dealkylation sites (N-methyl/N-ethyl adjacent to an activating group) is 1. The van der Waals surface area contributed by atoms with Crippen LogP contribution in [0.5, 0.6) is 0 Å². The van der Waals surface area contributed by atoms with Gasteiger partial charge < -0.3 is 15.1 Å². The molecule has 0 saturated heterocycles. The highest BCUT2D eigenvalue weighted by atomic mass is 16.4. The Morgan fingerprint density at radius 2 is 2.24 bits per heavy atom. The van der Waals surface area contributed by atoms with Crippen molar-refractivity contribution in [2.75, 3.05) is 12.4 Å². The van der Waals surface area contributed by atoms with Gasteiger partial charge in [-0.15, -0.1) is 0 Å². The molecule has 1 amide bonds. The van der Waals surface area contributed by atoms with E-state index in [1.54, 1.807) is 32.2 Å². The van der Waals surface area contributed by atoms with E-state index in [4.69, 9.17) is 4.42 Å². The zero-order valence-electron chi connectivity index (χ0n) is 9.53. The van der Waals surface area contributed by atoms with Crippen LogP contribution in [-0.4, -0.2) is 24.0 Å². The van der Waals surface area contributed by atoms with Gasteiger partial charge in [-0.2, -0.15) is 0 Å². The molecule has 90 valence electrons. The Bertz CT molecular complexity index is 599. The van der Waals surface area contributed by atoms with E-state index in [1.807, 2.05) is 0 Å². The number of hydrogen-bond donors (Lipinski definition) is 3. The minimum Gasteiger partial charge on any atom is -0.408 e. The first kappa shape index (κ1) is 11.4. The van der Waals surface area contributed by atoms with Crippen LogP contribution in [0.1, 0.15) is 6.92 Å². The lowest BCUT2D eigenvalue weighted by atomic mass is 10.2. The molecule has 0 aliphatic heterocycles. The van der Waals surface area contributed by atoms with Crippen molar-refractivity contribution in [3.63, 3.8) is 0 Å². The van der Waals surface area contributed by atoms with Gasteiger partial charge in [0.25, 0.3) is 0 Å². The number of fused-ring (bicyclic) bond motifs is 1. The lowest BCUT2D eigenvalue weighted by Crippen LogP contribution is -2.35. The summed E-state index contributed by atoms with van der Waals surface area (Å²) in [6.45, 7) is 1.75. The smallest absolute Gasteiger partial charge is 0.408 e. The van der Waals surface area contributed by atoms with Crippen molar-refractivity contribution < 1.29 is 9.21 Å². The number of rotatable bonds is 3. The van der Waals surface area contributed by atoms with Gasteiger partial charge in [0.2, 0.25) is 5.91 Å². The van der Waals surface area contributed by atoms with Crippen LogP contribution in [0.3, 0.4) is 0 Å². The van der Waals surface area contributed by atoms with E-state index in [2.05, 4.69) is 15.6 Å². The summed E-state index contributed by atoms with van der Waals surface area (Å²) in [5, 5.41) is 5.55. The quantitative estimate of drug-likeness (QED) is 0.729. The molecule has 2 rings (SSSR count). The molecule has 0 fully saturated rings. The summed E-state index contributed by atoms with van der Waals surface area (Å²) in [5.41, 5.74) is 1.62. The Hall–Kier alpha value is -2.08. The van der Waals surface area contributed by atoms with Gasteiger partial charge in [0.05, 0.1) is 11.6 Å². The van der Waals surface area contributed by atoms with Crippen molar-refractivity contribution in [3.8, 4) is 0 Å². The van der Waals surface area contributed by atoms with Crippen LogP contribution in [0, 0.1) is 0 Å². The van der Waals surface area contributed by atoms with Crippen molar-refractivity contribution in [3.05, 3.63) is 28.7 Å².